The summed E-state index contributed by atoms with van der Waals surface area (Å²) in [5.74, 6) is 1.09. The van der Waals surface area contributed by atoms with E-state index in [1.165, 1.54) is 19.3 Å². The molecule has 112 valence electrons. The maximum absolute atomic E-state index is 12.4. The van der Waals surface area contributed by atoms with E-state index >= 15 is 0 Å². The molecule has 0 radical (unpaired) electrons. The van der Waals surface area contributed by atoms with Crippen LogP contribution in [0.3, 0.4) is 0 Å². The minimum Gasteiger partial charge on any atom is -0.361 e. The van der Waals surface area contributed by atoms with E-state index in [1.54, 1.807) is 20.0 Å². The summed E-state index contributed by atoms with van der Waals surface area (Å²) in [6, 6.07) is 2.22. The molecular weight excluding hydrogens is 268 g/mol. The lowest BCUT2D eigenvalue weighted by atomic mass is 9.96. The summed E-state index contributed by atoms with van der Waals surface area (Å²) in [4.78, 5) is 12.4. The van der Waals surface area contributed by atoms with Crippen molar-refractivity contribution >= 4 is 11.7 Å². The lowest BCUT2D eigenvalue weighted by Crippen LogP contribution is -2.20. The number of rotatable bonds is 3. The molecule has 1 aliphatic carbocycles. The Labute approximate surface area is 123 Å². The third kappa shape index (κ3) is 2.70. The van der Waals surface area contributed by atoms with E-state index in [4.69, 9.17) is 4.52 Å². The molecule has 0 aromatic carbocycles. The smallest absolute Gasteiger partial charge is 0.262 e. The van der Waals surface area contributed by atoms with Gasteiger partial charge in [-0.05, 0) is 26.7 Å². The van der Waals surface area contributed by atoms with Gasteiger partial charge in [-0.1, -0.05) is 24.4 Å². The molecule has 2 aromatic rings. The van der Waals surface area contributed by atoms with E-state index in [9.17, 15) is 4.79 Å². The molecule has 1 amide bonds. The van der Waals surface area contributed by atoms with Crippen molar-refractivity contribution in [2.75, 3.05) is 5.32 Å². The zero-order valence-electron chi connectivity index (χ0n) is 12.4. The third-order valence-corrected chi connectivity index (χ3v) is 4.09. The Morgan fingerprint density at radius 2 is 2.10 bits per heavy atom. The van der Waals surface area contributed by atoms with Gasteiger partial charge in [0.25, 0.3) is 5.91 Å². The Bertz CT molecular complexity index is 618. The number of amides is 1. The maximum atomic E-state index is 12.4. The van der Waals surface area contributed by atoms with Crippen molar-refractivity contribution in [2.45, 2.75) is 52.0 Å². The summed E-state index contributed by atoms with van der Waals surface area (Å²) in [7, 11) is 0. The monoisotopic (exact) mass is 288 g/mol. The average Bonchev–Trinajstić information content (AvgIpc) is 3.07. The number of nitrogens with one attached hydrogen (secondary N) is 1. The van der Waals surface area contributed by atoms with Crippen molar-refractivity contribution < 1.29 is 9.32 Å². The molecule has 3 rings (SSSR count). The standard InChI is InChI=1S/C15H20N4O2/c1-10-14(11(2)21-18-10)15(20)17-13-8-9-16-19(13)12-6-4-3-5-7-12/h8-9,12H,3-7H2,1-2H3,(H,17,20). The molecule has 0 unspecified atom stereocenters. The van der Waals surface area contributed by atoms with Crippen molar-refractivity contribution in [3.63, 3.8) is 0 Å². The number of aryl methyl sites for hydroxylation is 2. The number of aromatic nitrogens is 3. The first-order valence-corrected chi connectivity index (χ1v) is 7.44. The third-order valence-electron chi connectivity index (χ3n) is 4.09. The van der Waals surface area contributed by atoms with Gasteiger partial charge in [-0.15, -0.1) is 0 Å². The van der Waals surface area contributed by atoms with Crippen LogP contribution >= 0.6 is 0 Å². The van der Waals surface area contributed by atoms with Gasteiger partial charge in [-0.3, -0.25) is 4.79 Å². The normalized spacial score (nSPS) is 16.1. The highest BCUT2D eigenvalue weighted by atomic mass is 16.5. The summed E-state index contributed by atoms with van der Waals surface area (Å²) >= 11 is 0. The SMILES string of the molecule is Cc1noc(C)c1C(=O)Nc1ccnn1C1CCCCC1. The van der Waals surface area contributed by atoms with Crippen LogP contribution in [0.2, 0.25) is 0 Å². The molecule has 0 aliphatic heterocycles. The molecule has 0 spiro atoms. The predicted molar refractivity (Wildman–Crippen MR) is 78.3 cm³/mol. The second-order valence-electron chi connectivity index (χ2n) is 5.61. The Morgan fingerprint density at radius 3 is 2.76 bits per heavy atom. The van der Waals surface area contributed by atoms with Crippen molar-refractivity contribution in [3.05, 3.63) is 29.3 Å². The van der Waals surface area contributed by atoms with Crippen LogP contribution in [0.4, 0.5) is 5.82 Å². The van der Waals surface area contributed by atoms with E-state index in [0.717, 1.165) is 18.7 Å². The van der Waals surface area contributed by atoms with E-state index in [1.807, 2.05) is 10.7 Å². The predicted octanol–water partition coefficient (Wildman–Crippen LogP) is 3.25. The molecule has 0 saturated heterocycles. The Kier molecular flexibility index (Phi) is 3.77. The Morgan fingerprint density at radius 1 is 1.33 bits per heavy atom. The van der Waals surface area contributed by atoms with Crippen LogP contribution in [0.25, 0.3) is 0 Å². The lowest BCUT2D eigenvalue weighted by Gasteiger charge is -2.23. The number of carbonyl (C=O) groups is 1. The lowest BCUT2D eigenvalue weighted by molar-refractivity contribution is 0.102. The molecular formula is C15H20N4O2. The minimum absolute atomic E-state index is 0.191. The van der Waals surface area contributed by atoms with Gasteiger partial charge in [0.15, 0.2) is 0 Å². The van der Waals surface area contributed by atoms with Crippen molar-refractivity contribution in [2.24, 2.45) is 0 Å². The van der Waals surface area contributed by atoms with Crippen LogP contribution in [0.1, 0.15) is 60.0 Å². The molecule has 2 heterocycles. The Hall–Kier alpha value is -2.11. The highest BCUT2D eigenvalue weighted by molar-refractivity contribution is 6.05. The number of carbonyl (C=O) groups excluding carboxylic acids is 1. The molecule has 0 atom stereocenters. The van der Waals surface area contributed by atoms with Crippen molar-refractivity contribution in [1.82, 2.24) is 14.9 Å². The summed E-state index contributed by atoms with van der Waals surface area (Å²) in [6.07, 6.45) is 7.71. The molecule has 6 nitrogen and oxygen atoms in total. The molecule has 1 fully saturated rings. The average molecular weight is 288 g/mol. The number of anilines is 1. The minimum atomic E-state index is -0.191. The molecule has 0 bridgehead atoms. The van der Waals surface area contributed by atoms with E-state index < -0.39 is 0 Å². The van der Waals surface area contributed by atoms with Gasteiger partial charge >= 0.3 is 0 Å². The first kappa shape index (κ1) is 13.9. The highest BCUT2D eigenvalue weighted by Crippen LogP contribution is 2.30. The summed E-state index contributed by atoms with van der Waals surface area (Å²) in [6.45, 7) is 3.51. The van der Waals surface area contributed by atoms with Gasteiger partial charge < -0.3 is 9.84 Å². The van der Waals surface area contributed by atoms with E-state index in [0.29, 0.717) is 23.1 Å². The van der Waals surface area contributed by atoms with Crippen LogP contribution in [0.15, 0.2) is 16.8 Å². The molecule has 21 heavy (non-hydrogen) atoms. The number of hydrogen-bond donors (Lipinski definition) is 1. The molecule has 2 aromatic heterocycles. The zero-order chi connectivity index (χ0) is 14.8. The van der Waals surface area contributed by atoms with Crippen LogP contribution in [0, 0.1) is 13.8 Å². The fourth-order valence-corrected chi connectivity index (χ4v) is 3.02. The van der Waals surface area contributed by atoms with Crippen LogP contribution in [-0.4, -0.2) is 20.8 Å². The van der Waals surface area contributed by atoms with Crippen molar-refractivity contribution in [3.8, 4) is 0 Å². The van der Waals surface area contributed by atoms with Gasteiger partial charge in [-0.2, -0.15) is 5.10 Å². The van der Waals surface area contributed by atoms with Gasteiger partial charge in [0.05, 0.1) is 17.9 Å². The first-order chi connectivity index (χ1) is 10.2. The topological polar surface area (TPSA) is 73.0 Å². The van der Waals surface area contributed by atoms with Gasteiger partial charge in [0.1, 0.15) is 17.1 Å². The van der Waals surface area contributed by atoms with Crippen LogP contribution < -0.4 is 5.32 Å². The summed E-state index contributed by atoms with van der Waals surface area (Å²) < 4.78 is 6.99. The highest BCUT2D eigenvalue weighted by Gasteiger charge is 2.22. The largest absolute Gasteiger partial charge is 0.361 e. The zero-order valence-corrected chi connectivity index (χ0v) is 12.4. The molecule has 6 heteroatoms. The van der Waals surface area contributed by atoms with Crippen LogP contribution in [-0.2, 0) is 0 Å². The number of hydrogen-bond acceptors (Lipinski definition) is 4. The fourth-order valence-electron chi connectivity index (χ4n) is 3.02. The molecule has 1 aliphatic rings. The first-order valence-electron chi connectivity index (χ1n) is 7.44. The Balaban J connectivity index is 1.79. The van der Waals surface area contributed by atoms with E-state index in [-0.39, 0.29) is 5.91 Å². The number of nitrogens with zero attached hydrogens (tertiary/aromatic N) is 3. The molecule has 1 N–H and O–H groups in total. The molecule has 1 saturated carbocycles. The van der Waals surface area contributed by atoms with Crippen molar-refractivity contribution in [1.29, 1.82) is 0 Å². The second-order valence-corrected chi connectivity index (χ2v) is 5.61. The second kappa shape index (κ2) is 5.71. The van der Waals surface area contributed by atoms with E-state index in [2.05, 4.69) is 15.6 Å². The van der Waals surface area contributed by atoms with Gasteiger partial charge in [0, 0.05) is 6.07 Å². The fraction of sp³-hybridized carbons (Fsp3) is 0.533. The summed E-state index contributed by atoms with van der Waals surface area (Å²) in [5.41, 5.74) is 1.11. The van der Waals surface area contributed by atoms with Gasteiger partial charge in [-0.25, -0.2) is 4.68 Å². The van der Waals surface area contributed by atoms with Gasteiger partial charge in [0.2, 0.25) is 0 Å². The van der Waals surface area contributed by atoms with Crippen LogP contribution in [0.5, 0.6) is 0 Å². The summed E-state index contributed by atoms with van der Waals surface area (Å²) in [5, 5.41) is 11.1. The maximum Gasteiger partial charge on any atom is 0.262 e. The quantitative estimate of drug-likeness (QED) is 0.941.